The minimum atomic E-state index is -0.878. The molecule has 2 aromatic rings. The lowest BCUT2D eigenvalue weighted by atomic mass is 9.86. The Morgan fingerprint density at radius 1 is 1.28 bits per heavy atom. The van der Waals surface area contributed by atoms with Crippen molar-refractivity contribution < 1.29 is 19.4 Å². The monoisotopic (exact) mass is 477 g/mol. The molecule has 1 unspecified atom stereocenters. The van der Waals surface area contributed by atoms with Gasteiger partial charge in [0.05, 0.1) is 28.9 Å². The number of carbonyl (C=O) groups is 2. The summed E-state index contributed by atoms with van der Waals surface area (Å²) in [5.74, 6) is -0.214. The molecule has 1 atom stereocenters. The molecule has 2 N–H and O–H groups in total. The fourth-order valence-electron chi connectivity index (χ4n) is 3.83. The van der Waals surface area contributed by atoms with E-state index in [1.807, 2.05) is 42.2 Å². The molecule has 3 rings (SSSR count). The van der Waals surface area contributed by atoms with E-state index < -0.39 is 5.97 Å². The van der Waals surface area contributed by atoms with Crippen LogP contribution in [0.15, 0.2) is 40.7 Å². The van der Waals surface area contributed by atoms with E-state index in [0.717, 1.165) is 35.5 Å². The fourth-order valence-corrected chi connectivity index (χ4v) is 5.41. The molecule has 1 aliphatic rings. The number of nitrogens with one attached hydrogen (secondary N) is 1. The summed E-state index contributed by atoms with van der Waals surface area (Å²) in [5, 5.41) is 12.2. The van der Waals surface area contributed by atoms with Gasteiger partial charge >= 0.3 is 12.0 Å². The Morgan fingerprint density at radius 3 is 2.69 bits per heavy atom. The lowest BCUT2D eigenvalue weighted by molar-refractivity contribution is -0.133. The van der Waals surface area contributed by atoms with Crippen LogP contribution in [0.2, 0.25) is 0 Å². The number of rotatable bonds is 10. The maximum atomic E-state index is 13.1. The molecule has 9 heteroatoms. The van der Waals surface area contributed by atoms with Crippen molar-refractivity contribution in [3.63, 3.8) is 0 Å². The number of benzene rings is 1. The number of aliphatic carboxylic acids is 1. The molecule has 32 heavy (non-hydrogen) atoms. The van der Waals surface area contributed by atoms with Crippen molar-refractivity contribution in [2.75, 3.05) is 24.2 Å². The van der Waals surface area contributed by atoms with Gasteiger partial charge in [-0.15, -0.1) is 11.8 Å². The van der Waals surface area contributed by atoms with E-state index in [-0.39, 0.29) is 23.9 Å². The van der Waals surface area contributed by atoms with Crippen molar-refractivity contribution in [2.24, 2.45) is 5.92 Å². The normalized spacial score (nSPS) is 19.3. The van der Waals surface area contributed by atoms with Gasteiger partial charge in [-0.3, -0.25) is 10.1 Å². The molecular formula is C23H31N3O4S2. The van der Waals surface area contributed by atoms with Gasteiger partial charge in [0.25, 0.3) is 0 Å². The zero-order valence-electron chi connectivity index (χ0n) is 18.5. The topological polar surface area (TPSA) is 91.8 Å². The predicted molar refractivity (Wildman–Crippen MR) is 128 cm³/mol. The number of anilines is 1. The van der Waals surface area contributed by atoms with Crippen LogP contribution in [0.3, 0.4) is 0 Å². The van der Waals surface area contributed by atoms with Crippen molar-refractivity contribution in [1.82, 2.24) is 9.88 Å². The van der Waals surface area contributed by atoms with Crippen LogP contribution in [0.4, 0.5) is 9.93 Å². The summed E-state index contributed by atoms with van der Waals surface area (Å²) in [4.78, 5) is 30.0. The van der Waals surface area contributed by atoms with E-state index in [0.29, 0.717) is 24.2 Å². The Kier molecular flexibility index (Phi) is 9.37. The van der Waals surface area contributed by atoms with E-state index in [4.69, 9.17) is 9.84 Å². The highest BCUT2D eigenvalue weighted by Crippen LogP contribution is 2.30. The molecule has 174 valence electrons. The number of nitrogens with zero attached hydrogens (tertiary/aromatic N) is 2. The number of amides is 2. The first kappa shape index (κ1) is 24.5. The number of thiazole rings is 1. The Hall–Kier alpha value is -2.10. The van der Waals surface area contributed by atoms with Gasteiger partial charge < -0.3 is 14.7 Å². The zero-order valence-corrected chi connectivity index (χ0v) is 20.2. The molecule has 1 aliphatic carbocycles. The van der Waals surface area contributed by atoms with Crippen molar-refractivity contribution in [2.45, 2.75) is 55.9 Å². The number of ether oxygens (including phenoxy) is 1. The molecule has 0 saturated heterocycles. The standard InChI is InChI=1S/C23H31N3O4S2/c1-16-8-10-19(11-9-16)26(12-13-30-17(2)18-6-4-3-5-7-18)23(29)25-22-24-14-21(32-22)31-15-20(27)28/h3-7,14,16-17,19H,8-13,15H2,1-2H3,(H,27,28)(H,24,25,29). The Morgan fingerprint density at radius 2 is 2.00 bits per heavy atom. The highest BCUT2D eigenvalue weighted by Gasteiger charge is 2.28. The minimum Gasteiger partial charge on any atom is -0.481 e. The van der Waals surface area contributed by atoms with Gasteiger partial charge in [0, 0.05) is 12.6 Å². The molecular weight excluding hydrogens is 446 g/mol. The van der Waals surface area contributed by atoms with E-state index in [1.165, 1.54) is 23.1 Å². The van der Waals surface area contributed by atoms with Crippen LogP contribution in [0.1, 0.15) is 51.2 Å². The summed E-state index contributed by atoms with van der Waals surface area (Å²) in [6, 6.07) is 10.1. The summed E-state index contributed by atoms with van der Waals surface area (Å²) in [5.41, 5.74) is 1.11. The van der Waals surface area contributed by atoms with Gasteiger partial charge in [0.2, 0.25) is 0 Å². The number of carbonyl (C=O) groups excluding carboxylic acids is 1. The smallest absolute Gasteiger partial charge is 0.323 e. The number of hydrogen-bond donors (Lipinski definition) is 2. The van der Waals surface area contributed by atoms with Crippen LogP contribution < -0.4 is 5.32 Å². The molecule has 2 amide bonds. The van der Waals surface area contributed by atoms with Gasteiger partial charge in [-0.05, 0) is 44.1 Å². The van der Waals surface area contributed by atoms with Crippen molar-refractivity contribution in [1.29, 1.82) is 0 Å². The molecule has 0 aliphatic heterocycles. The summed E-state index contributed by atoms with van der Waals surface area (Å²) in [7, 11) is 0. The Bertz CT molecular complexity index is 869. The first-order chi connectivity index (χ1) is 15.4. The lowest BCUT2D eigenvalue weighted by Crippen LogP contribution is -2.46. The molecule has 0 spiro atoms. The summed E-state index contributed by atoms with van der Waals surface area (Å²) >= 11 is 2.49. The number of hydrogen-bond acceptors (Lipinski definition) is 6. The zero-order chi connectivity index (χ0) is 22.9. The van der Waals surface area contributed by atoms with Crippen LogP contribution in [0.5, 0.6) is 0 Å². The van der Waals surface area contributed by atoms with Crippen LogP contribution in [0.25, 0.3) is 0 Å². The van der Waals surface area contributed by atoms with Gasteiger partial charge in [0.15, 0.2) is 5.13 Å². The Balaban J connectivity index is 1.59. The van der Waals surface area contributed by atoms with Crippen molar-refractivity contribution >= 4 is 40.2 Å². The number of carboxylic acids is 1. The third-order valence-corrected chi connectivity index (χ3v) is 7.78. The fraction of sp³-hybridized carbons (Fsp3) is 0.522. The third kappa shape index (κ3) is 7.50. The molecule has 1 heterocycles. The molecule has 7 nitrogen and oxygen atoms in total. The van der Waals surface area contributed by atoms with Gasteiger partial charge in [0.1, 0.15) is 0 Å². The summed E-state index contributed by atoms with van der Waals surface area (Å²) in [6.07, 6.45) is 5.76. The van der Waals surface area contributed by atoms with E-state index in [9.17, 15) is 9.59 Å². The lowest BCUT2D eigenvalue weighted by Gasteiger charge is -2.36. The average molecular weight is 478 g/mol. The second-order valence-corrected chi connectivity index (χ2v) is 10.4. The largest absolute Gasteiger partial charge is 0.481 e. The molecule has 1 saturated carbocycles. The minimum absolute atomic E-state index is 0.0289. The van der Waals surface area contributed by atoms with Crippen LogP contribution in [0, 0.1) is 5.92 Å². The predicted octanol–water partition coefficient (Wildman–Crippen LogP) is 5.51. The van der Waals surface area contributed by atoms with Gasteiger partial charge in [-0.2, -0.15) is 0 Å². The number of thioether (sulfide) groups is 1. The molecule has 0 bridgehead atoms. The third-order valence-electron chi connectivity index (χ3n) is 5.69. The number of urea groups is 1. The maximum absolute atomic E-state index is 13.1. The van der Waals surface area contributed by atoms with Crippen molar-refractivity contribution in [3.8, 4) is 0 Å². The molecule has 1 aromatic carbocycles. The van der Waals surface area contributed by atoms with Gasteiger partial charge in [-0.25, -0.2) is 9.78 Å². The first-order valence-electron chi connectivity index (χ1n) is 11.0. The highest BCUT2D eigenvalue weighted by atomic mass is 32.2. The average Bonchev–Trinajstić information content (AvgIpc) is 3.23. The maximum Gasteiger partial charge on any atom is 0.323 e. The van der Waals surface area contributed by atoms with E-state index >= 15 is 0 Å². The first-order valence-corrected chi connectivity index (χ1v) is 12.8. The van der Waals surface area contributed by atoms with Gasteiger partial charge in [-0.1, -0.05) is 48.6 Å². The van der Waals surface area contributed by atoms with Crippen molar-refractivity contribution in [3.05, 3.63) is 42.1 Å². The second-order valence-electron chi connectivity index (χ2n) is 8.13. The van der Waals surface area contributed by atoms with E-state index in [2.05, 4.69) is 17.2 Å². The Labute approximate surface area is 197 Å². The molecule has 1 aromatic heterocycles. The SMILES string of the molecule is CC1CCC(N(CCOC(C)c2ccccc2)C(=O)Nc2ncc(SCC(=O)O)s2)CC1. The van der Waals surface area contributed by atoms with E-state index in [1.54, 1.807) is 6.20 Å². The summed E-state index contributed by atoms with van der Waals surface area (Å²) < 4.78 is 6.80. The second kappa shape index (κ2) is 12.2. The highest BCUT2D eigenvalue weighted by molar-refractivity contribution is 8.01. The van der Waals surface area contributed by atoms with Crippen LogP contribution in [-0.4, -0.2) is 51.9 Å². The molecule has 1 fully saturated rings. The number of carboxylic acid groups (broad SMARTS) is 1. The van der Waals surface area contributed by atoms with Crippen LogP contribution in [-0.2, 0) is 9.53 Å². The van der Waals surface area contributed by atoms with Crippen LogP contribution >= 0.6 is 23.1 Å². The number of aromatic nitrogens is 1. The summed E-state index contributed by atoms with van der Waals surface area (Å²) in [6.45, 7) is 5.24. The molecule has 0 radical (unpaired) electrons. The quantitative estimate of drug-likeness (QED) is 0.439.